The van der Waals surface area contributed by atoms with Gasteiger partial charge in [0.25, 0.3) is 5.91 Å². The van der Waals surface area contributed by atoms with Crippen molar-refractivity contribution in [1.29, 1.82) is 0 Å². The number of rotatable bonds is 7. The summed E-state index contributed by atoms with van der Waals surface area (Å²) < 4.78 is 5.14. The third-order valence-corrected chi connectivity index (χ3v) is 4.92. The van der Waals surface area contributed by atoms with E-state index in [4.69, 9.17) is 4.74 Å². The van der Waals surface area contributed by atoms with Crippen LogP contribution < -0.4 is 0 Å². The minimum absolute atomic E-state index is 0.149. The van der Waals surface area contributed by atoms with E-state index in [1.54, 1.807) is 23.3 Å². The number of carbonyl (C=O) groups is 2. The van der Waals surface area contributed by atoms with Gasteiger partial charge >= 0.3 is 5.97 Å². The Balaban J connectivity index is 1.47. The maximum absolute atomic E-state index is 12.1. The Kier molecular flexibility index (Phi) is 6.39. The summed E-state index contributed by atoms with van der Waals surface area (Å²) in [6.07, 6.45) is 0.149. The fourth-order valence-corrected chi connectivity index (χ4v) is 3.32. The lowest BCUT2D eigenvalue weighted by Crippen LogP contribution is -2.30. The molecule has 0 aliphatic carbocycles. The molecule has 4 nitrogen and oxygen atoms in total. The second-order valence-electron chi connectivity index (χ2n) is 6.28. The van der Waals surface area contributed by atoms with Crippen molar-refractivity contribution in [3.63, 3.8) is 0 Å². The molecule has 0 saturated heterocycles. The fraction of sp³-hybridized carbons (Fsp3) is 0.182. The summed E-state index contributed by atoms with van der Waals surface area (Å²) in [5.74, 6) is -0.617. The Bertz CT molecular complexity index is 874. The monoisotopic (exact) mass is 379 g/mol. The van der Waals surface area contributed by atoms with Gasteiger partial charge in [-0.2, -0.15) is 11.3 Å². The Morgan fingerprint density at radius 3 is 2.30 bits per heavy atom. The topological polar surface area (TPSA) is 46.6 Å². The van der Waals surface area contributed by atoms with Crippen LogP contribution in [0.2, 0.25) is 0 Å². The number of thiophene rings is 1. The first-order chi connectivity index (χ1) is 13.1. The van der Waals surface area contributed by atoms with Crippen LogP contribution >= 0.6 is 11.3 Å². The lowest BCUT2D eigenvalue weighted by Gasteiger charge is -2.16. The highest BCUT2D eigenvalue weighted by Gasteiger charge is 2.13. The number of carbonyl (C=O) groups excluding carboxylic acids is 2. The predicted molar refractivity (Wildman–Crippen MR) is 107 cm³/mol. The molecule has 5 heteroatoms. The number of nitrogens with zero attached hydrogens (tertiary/aromatic N) is 1. The van der Waals surface area contributed by atoms with Gasteiger partial charge in [-0.05, 0) is 39.1 Å². The van der Waals surface area contributed by atoms with E-state index in [1.165, 1.54) is 0 Å². The normalized spacial score (nSPS) is 10.4. The predicted octanol–water partition coefficient (Wildman–Crippen LogP) is 4.16. The van der Waals surface area contributed by atoms with Gasteiger partial charge in [0, 0.05) is 13.6 Å². The molecular formula is C22H21NO3S. The number of likely N-dealkylation sites (N-methyl/N-ethyl adjacent to an activating group) is 1. The highest BCUT2D eigenvalue weighted by molar-refractivity contribution is 7.07. The summed E-state index contributed by atoms with van der Waals surface area (Å²) in [5.41, 5.74) is 4.16. The third-order valence-electron chi connectivity index (χ3n) is 4.19. The molecule has 0 fully saturated rings. The number of hydrogen-bond donors (Lipinski definition) is 0. The molecule has 1 aromatic heterocycles. The van der Waals surface area contributed by atoms with Crippen molar-refractivity contribution in [2.45, 2.75) is 13.0 Å². The molecule has 1 amide bonds. The van der Waals surface area contributed by atoms with E-state index in [9.17, 15) is 9.59 Å². The molecule has 0 saturated carbocycles. The van der Waals surface area contributed by atoms with Crippen molar-refractivity contribution in [1.82, 2.24) is 4.90 Å². The molecule has 0 aliphatic heterocycles. The first kappa shape index (κ1) is 18.9. The summed E-state index contributed by atoms with van der Waals surface area (Å²) in [6, 6.07) is 19.8. The molecule has 1 heterocycles. The SMILES string of the molecule is CN(Cc1ccsc1)C(=O)COC(=O)Cc1ccc(-c2ccccc2)cc1. The largest absolute Gasteiger partial charge is 0.455 e. The zero-order valence-corrected chi connectivity index (χ0v) is 15.9. The van der Waals surface area contributed by atoms with Gasteiger partial charge in [-0.3, -0.25) is 9.59 Å². The van der Waals surface area contributed by atoms with Gasteiger partial charge < -0.3 is 9.64 Å². The van der Waals surface area contributed by atoms with E-state index < -0.39 is 5.97 Å². The van der Waals surface area contributed by atoms with E-state index in [1.807, 2.05) is 71.4 Å². The first-order valence-electron chi connectivity index (χ1n) is 8.67. The number of benzene rings is 2. The van der Waals surface area contributed by atoms with E-state index in [2.05, 4.69) is 0 Å². The molecule has 0 spiro atoms. The number of ether oxygens (including phenoxy) is 1. The van der Waals surface area contributed by atoms with Crippen molar-refractivity contribution >= 4 is 23.2 Å². The molecule has 0 unspecified atom stereocenters. The van der Waals surface area contributed by atoms with Gasteiger partial charge in [-0.15, -0.1) is 0 Å². The standard InChI is InChI=1S/C22H21NO3S/c1-23(14-18-11-12-27-16-18)21(24)15-26-22(25)13-17-7-9-20(10-8-17)19-5-3-2-4-6-19/h2-12,16H,13-15H2,1H3. The maximum Gasteiger partial charge on any atom is 0.310 e. The minimum Gasteiger partial charge on any atom is -0.455 e. The fourth-order valence-electron chi connectivity index (χ4n) is 2.66. The van der Waals surface area contributed by atoms with Crippen molar-refractivity contribution in [2.75, 3.05) is 13.7 Å². The minimum atomic E-state index is -0.403. The highest BCUT2D eigenvalue weighted by atomic mass is 32.1. The van der Waals surface area contributed by atoms with Gasteiger partial charge in [0.1, 0.15) is 0 Å². The molecule has 3 aromatic rings. The summed E-state index contributed by atoms with van der Waals surface area (Å²) >= 11 is 1.59. The van der Waals surface area contributed by atoms with Crippen molar-refractivity contribution in [3.8, 4) is 11.1 Å². The van der Waals surface area contributed by atoms with Crippen molar-refractivity contribution in [3.05, 3.63) is 82.6 Å². The first-order valence-corrected chi connectivity index (χ1v) is 9.61. The van der Waals surface area contributed by atoms with E-state index >= 15 is 0 Å². The summed E-state index contributed by atoms with van der Waals surface area (Å²) in [7, 11) is 1.70. The third kappa shape index (κ3) is 5.53. The Morgan fingerprint density at radius 1 is 0.926 bits per heavy atom. The molecule has 2 aromatic carbocycles. The lowest BCUT2D eigenvalue weighted by molar-refractivity contribution is -0.151. The molecule has 0 atom stereocenters. The van der Waals surface area contributed by atoms with Crippen LogP contribution in [0, 0.1) is 0 Å². The van der Waals surface area contributed by atoms with Gasteiger partial charge in [-0.25, -0.2) is 0 Å². The van der Waals surface area contributed by atoms with Crippen LogP contribution in [0.4, 0.5) is 0 Å². The summed E-state index contributed by atoms with van der Waals surface area (Å²) in [6.45, 7) is 0.280. The van der Waals surface area contributed by atoms with Gasteiger partial charge in [0.2, 0.25) is 0 Å². The number of hydrogen-bond acceptors (Lipinski definition) is 4. The van der Waals surface area contributed by atoms with Crippen LogP contribution in [0.3, 0.4) is 0 Å². The number of esters is 1. The Hall–Kier alpha value is -2.92. The molecule has 138 valence electrons. The molecule has 0 aliphatic rings. The molecule has 0 N–H and O–H groups in total. The zero-order chi connectivity index (χ0) is 19.1. The van der Waals surface area contributed by atoms with Crippen LogP contribution in [0.1, 0.15) is 11.1 Å². The zero-order valence-electron chi connectivity index (χ0n) is 15.1. The van der Waals surface area contributed by atoms with Crippen LogP contribution in [-0.4, -0.2) is 30.4 Å². The van der Waals surface area contributed by atoms with Gasteiger partial charge in [0.15, 0.2) is 6.61 Å². The van der Waals surface area contributed by atoms with Crippen molar-refractivity contribution in [2.24, 2.45) is 0 Å². The summed E-state index contributed by atoms with van der Waals surface area (Å²) in [5, 5.41) is 3.96. The van der Waals surface area contributed by atoms with Crippen LogP contribution in [0.5, 0.6) is 0 Å². The quantitative estimate of drug-likeness (QED) is 0.579. The Labute approximate surface area is 163 Å². The molecule has 0 bridgehead atoms. The second kappa shape index (κ2) is 9.14. The van der Waals surface area contributed by atoms with Crippen LogP contribution in [0.25, 0.3) is 11.1 Å². The van der Waals surface area contributed by atoms with E-state index in [0.717, 1.165) is 22.3 Å². The Morgan fingerprint density at radius 2 is 1.63 bits per heavy atom. The van der Waals surface area contributed by atoms with Crippen LogP contribution in [-0.2, 0) is 27.3 Å². The van der Waals surface area contributed by atoms with Crippen molar-refractivity contribution < 1.29 is 14.3 Å². The second-order valence-corrected chi connectivity index (χ2v) is 7.06. The molecule has 27 heavy (non-hydrogen) atoms. The summed E-state index contributed by atoms with van der Waals surface area (Å²) in [4.78, 5) is 25.7. The van der Waals surface area contributed by atoms with Crippen LogP contribution in [0.15, 0.2) is 71.4 Å². The smallest absolute Gasteiger partial charge is 0.310 e. The van der Waals surface area contributed by atoms with E-state index in [-0.39, 0.29) is 18.9 Å². The molecule has 3 rings (SSSR count). The number of amides is 1. The van der Waals surface area contributed by atoms with E-state index in [0.29, 0.717) is 6.54 Å². The highest BCUT2D eigenvalue weighted by Crippen LogP contribution is 2.19. The van der Waals surface area contributed by atoms with Gasteiger partial charge in [-0.1, -0.05) is 54.6 Å². The molecular weight excluding hydrogens is 358 g/mol. The average Bonchev–Trinajstić information content (AvgIpc) is 3.20. The lowest BCUT2D eigenvalue weighted by atomic mass is 10.0. The average molecular weight is 379 g/mol. The van der Waals surface area contributed by atoms with Gasteiger partial charge in [0.05, 0.1) is 6.42 Å². The molecule has 0 radical (unpaired) electrons. The maximum atomic E-state index is 12.1.